The van der Waals surface area contributed by atoms with Crippen molar-refractivity contribution in [3.63, 3.8) is 0 Å². The number of aliphatic hydroxyl groups excluding tert-OH is 3. The highest BCUT2D eigenvalue weighted by atomic mass is 19.1. The number of halogens is 1. The highest BCUT2D eigenvalue weighted by Crippen LogP contribution is 2.25. The summed E-state index contributed by atoms with van der Waals surface area (Å²) in [5.41, 5.74) is -2.69. The molecule has 136 valence electrons. The predicted octanol–water partition coefficient (Wildman–Crippen LogP) is -0.0137. The Hall–Kier alpha value is -2.49. The van der Waals surface area contributed by atoms with E-state index in [1.165, 1.54) is 16.8 Å². The van der Waals surface area contributed by atoms with Crippen LogP contribution in [0.25, 0.3) is 10.9 Å². The van der Waals surface area contributed by atoms with Crippen molar-refractivity contribution in [2.45, 2.75) is 19.0 Å². The Kier molecular flexibility index (Phi) is 5.41. The van der Waals surface area contributed by atoms with Crippen LogP contribution in [0.4, 0.5) is 10.1 Å². The second-order valence-electron chi connectivity index (χ2n) is 5.69. The molecule has 1 aromatic carbocycles. The van der Waals surface area contributed by atoms with Gasteiger partial charge in [0.2, 0.25) is 5.43 Å². The molecule has 0 atom stereocenters. The van der Waals surface area contributed by atoms with Gasteiger partial charge in [-0.2, -0.15) is 0 Å². The number of pyridine rings is 1. The van der Waals surface area contributed by atoms with E-state index >= 15 is 0 Å². The third-order valence-electron chi connectivity index (χ3n) is 4.05. The fourth-order valence-electron chi connectivity index (χ4n) is 2.47. The third kappa shape index (κ3) is 3.34. The summed E-state index contributed by atoms with van der Waals surface area (Å²) >= 11 is 0. The number of nitrogens with zero attached hydrogens (tertiary/aromatic N) is 1. The Morgan fingerprint density at radius 2 is 1.84 bits per heavy atom. The molecule has 0 saturated heterocycles. The van der Waals surface area contributed by atoms with Gasteiger partial charge in [0, 0.05) is 18.1 Å². The second kappa shape index (κ2) is 7.18. The molecule has 0 fully saturated rings. The lowest BCUT2D eigenvalue weighted by Crippen LogP contribution is -2.49. The van der Waals surface area contributed by atoms with Crippen molar-refractivity contribution in [2.75, 3.05) is 25.1 Å². The molecule has 9 heteroatoms. The van der Waals surface area contributed by atoms with Gasteiger partial charge >= 0.3 is 5.97 Å². The summed E-state index contributed by atoms with van der Waals surface area (Å²) in [5.74, 6) is -2.29. The van der Waals surface area contributed by atoms with Crippen molar-refractivity contribution in [3.05, 3.63) is 39.9 Å². The normalized spacial score (nSPS) is 11.7. The van der Waals surface area contributed by atoms with Gasteiger partial charge in [-0.25, -0.2) is 9.18 Å². The van der Waals surface area contributed by atoms with E-state index in [0.717, 1.165) is 6.07 Å². The molecule has 0 unspecified atom stereocenters. The Bertz CT molecular complexity index is 852. The van der Waals surface area contributed by atoms with Crippen LogP contribution in [0.1, 0.15) is 17.3 Å². The van der Waals surface area contributed by atoms with E-state index in [1.807, 2.05) is 0 Å². The molecule has 0 amide bonds. The Balaban J connectivity index is 2.71. The van der Waals surface area contributed by atoms with Gasteiger partial charge in [-0.3, -0.25) is 4.79 Å². The number of nitrogens with one attached hydrogen (secondary N) is 1. The first kappa shape index (κ1) is 18.8. The maximum Gasteiger partial charge on any atom is 0.341 e. The van der Waals surface area contributed by atoms with E-state index in [0.29, 0.717) is 6.54 Å². The molecule has 8 nitrogen and oxygen atoms in total. The highest BCUT2D eigenvalue weighted by Gasteiger charge is 2.29. The molecule has 0 aliphatic heterocycles. The third-order valence-corrected chi connectivity index (χ3v) is 4.05. The molecule has 0 aliphatic rings. The topological polar surface area (TPSA) is 132 Å². The van der Waals surface area contributed by atoms with Gasteiger partial charge in [0.1, 0.15) is 16.9 Å². The number of hydrogen-bond donors (Lipinski definition) is 5. The fraction of sp³-hybridized carbons (Fsp3) is 0.375. The van der Waals surface area contributed by atoms with Gasteiger partial charge in [0.15, 0.2) is 0 Å². The predicted molar refractivity (Wildman–Crippen MR) is 88.4 cm³/mol. The van der Waals surface area contributed by atoms with Crippen LogP contribution in [-0.4, -0.2) is 56.3 Å². The Morgan fingerprint density at radius 3 is 2.32 bits per heavy atom. The standard InChI is InChI=1S/C16H19FN2O6/c1-2-19-5-10(15(24)25)14(23)9-3-11(17)12(4-13(9)19)18-16(6-20,7-21)8-22/h3-5,18,20-22H,2,6-8H2,1H3,(H,24,25). The van der Waals surface area contributed by atoms with Crippen molar-refractivity contribution < 1.29 is 29.6 Å². The molecule has 25 heavy (non-hydrogen) atoms. The largest absolute Gasteiger partial charge is 0.477 e. The lowest BCUT2D eigenvalue weighted by atomic mass is 10.0. The molecule has 1 aromatic heterocycles. The number of anilines is 1. The number of fused-ring (bicyclic) bond motifs is 1. The molecule has 0 bridgehead atoms. The zero-order valence-electron chi connectivity index (χ0n) is 13.5. The number of carboxylic acid groups (broad SMARTS) is 1. The first-order valence-electron chi connectivity index (χ1n) is 7.53. The summed E-state index contributed by atoms with van der Waals surface area (Å²) in [7, 11) is 0. The molecule has 0 aliphatic carbocycles. The monoisotopic (exact) mass is 354 g/mol. The first-order chi connectivity index (χ1) is 11.8. The van der Waals surface area contributed by atoms with Gasteiger partial charge in [-0.1, -0.05) is 0 Å². The molecular weight excluding hydrogens is 335 g/mol. The number of aliphatic hydroxyl groups is 3. The zero-order chi connectivity index (χ0) is 18.8. The van der Waals surface area contributed by atoms with Crippen LogP contribution in [-0.2, 0) is 6.54 Å². The average Bonchev–Trinajstić information content (AvgIpc) is 2.61. The van der Waals surface area contributed by atoms with Crippen LogP contribution in [0, 0.1) is 5.82 Å². The van der Waals surface area contributed by atoms with Crippen LogP contribution in [0.15, 0.2) is 23.1 Å². The van der Waals surface area contributed by atoms with Gasteiger partial charge in [0.25, 0.3) is 0 Å². The number of aromatic carboxylic acids is 1. The number of carbonyl (C=O) groups is 1. The van der Waals surface area contributed by atoms with Crippen molar-refractivity contribution in [1.29, 1.82) is 0 Å². The number of aryl methyl sites for hydroxylation is 1. The van der Waals surface area contributed by atoms with Crippen LogP contribution < -0.4 is 10.7 Å². The summed E-state index contributed by atoms with van der Waals surface area (Å²) in [5, 5.41) is 39.6. The molecule has 1 heterocycles. The van der Waals surface area contributed by atoms with Crippen LogP contribution in [0.2, 0.25) is 0 Å². The molecule has 0 spiro atoms. The van der Waals surface area contributed by atoms with Gasteiger partial charge in [-0.15, -0.1) is 0 Å². The Labute approximate surface area is 141 Å². The van der Waals surface area contributed by atoms with Crippen molar-refractivity contribution >= 4 is 22.6 Å². The van der Waals surface area contributed by atoms with E-state index in [-0.39, 0.29) is 16.6 Å². The van der Waals surface area contributed by atoms with Gasteiger partial charge in [-0.05, 0) is 19.1 Å². The van der Waals surface area contributed by atoms with Crippen molar-refractivity contribution in [1.82, 2.24) is 4.57 Å². The highest BCUT2D eigenvalue weighted by molar-refractivity contribution is 5.93. The van der Waals surface area contributed by atoms with Gasteiger partial charge in [0.05, 0.1) is 31.0 Å². The van der Waals surface area contributed by atoms with Crippen LogP contribution >= 0.6 is 0 Å². The molecular formula is C16H19FN2O6. The maximum absolute atomic E-state index is 14.4. The average molecular weight is 354 g/mol. The summed E-state index contributed by atoms with van der Waals surface area (Å²) in [6.45, 7) is 0.0841. The summed E-state index contributed by atoms with van der Waals surface area (Å²) in [6.07, 6.45) is 1.17. The number of carboxylic acids is 1. The minimum atomic E-state index is -1.55. The van der Waals surface area contributed by atoms with Crippen molar-refractivity contribution in [2.24, 2.45) is 0 Å². The number of benzene rings is 1. The fourth-order valence-corrected chi connectivity index (χ4v) is 2.47. The number of rotatable bonds is 7. The molecule has 2 aromatic rings. The zero-order valence-corrected chi connectivity index (χ0v) is 13.5. The molecule has 2 rings (SSSR count). The lowest BCUT2D eigenvalue weighted by Gasteiger charge is -2.30. The molecule has 5 N–H and O–H groups in total. The minimum absolute atomic E-state index is 0.104. The summed E-state index contributed by atoms with van der Waals surface area (Å²) < 4.78 is 15.9. The second-order valence-corrected chi connectivity index (χ2v) is 5.69. The van der Waals surface area contributed by atoms with E-state index in [1.54, 1.807) is 6.92 Å². The van der Waals surface area contributed by atoms with Crippen molar-refractivity contribution in [3.8, 4) is 0 Å². The number of aromatic nitrogens is 1. The smallest absolute Gasteiger partial charge is 0.341 e. The quantitative estimate of drug-likeness (QED) is 0.472. The number of hydrogen-bond acceptors (Lipinski definition) is 6. The van der Waals surface area contributed by atoms with E-state index < -0.39 is 48.1 Å². The summed E-state index contributed by atoms with van der Waals surface area (Å²) in [6, 6.07) is 2.17. The Morgan fingerprint density at radius 1 is 1.24 bits per heavy atom. The lowest BCUT2D eigenvalue weighted by molar-refractivity contribution is 0.0694. The SMILES string of the molecule is CCn1cc(C(=O)O)c(=O)c2cc(F)c(NC(CO)(CO)CO)cc21. The van der Waals surface area contributed by atoms with Crippen LogP contribution in [0.5, 0.6) is 0 Å². The molecule has 0 radical (unpaired) electrons. The van der Waals surface area contributed by atoms with E-state index in [9.17, 15) is 29.3 Å². The molecule has 0 saturated carbocycles. The minimum Gasteiger partial charge on any atom is -0.477 e. The van der Waals surface area contributed by atoms with E-state index in [4.69, 9.17) is 5.11 Å². The maximum atomic E-state index is 14.4. The first-order valence-corrected chi connectivity index (χ1v) is 7.53. The van der Waals surface area contributed by atoms with E-state index in [2.05, 4.69) is 5.32 Å². The van der Waals surface area contributed by atoms with Gasteiger partial charge < -0.3 is 30.3 Å². The van der Waals surface area contributed by atoms with Crippen LogP contribution in [0.3, 0.4) is 0 Å². The summed E-state index contributed by atoms with van der Waals surface area (Å²) in [4.78, 5) is 23.4.